The van der Waals surface area contributed by atoms with Crippen molar-refractivity contribution < 1.29 is 9.59 Å². The summed E-state index contributed by atoms with van der Waals surface area (Å²) in [5, 5.41) is 0. The first-order valence-electron chi connectivity index (χ1n) is 8.42. The largest absolute Gasteiger partial charge is 0.344 e. The second-order valence-corrected chi connectivity index (χ2v) is 7.15. The molecule has 0 aliphatic carbocycles. The van der Waals surface area contributed by atoms with Crippen LogP contribution in [0, 0.1) is 0 Å². The van der Waals surface area contributed by atoms with E-state index in [0.29, 0.717) is 11.1 Å². The molecule has 4 nitrogen and oxygen atoms in total. The number of anilines is 1. The van der Waals surface area contributed by atoms with Gasteiger partial charge in [0, 0.05) is 11.3 Å². The average Bonchev–Trinajstić information content (AvgIpc) is 2.83. The van der Waals surface area contributed by atoms with Crippen LogP contribution >= 0.6 is 0 Å². The minimum Gasteiger partial charge on any atom is -0.344 e. The number of carbonyl (C=O) groups is 2. The normalized spacial score (nSPS) is 18.1. The smallest absolute Gasteiger partial charge is 0.263 e. The van der Waals surface area contributed by atoms with Gasteiger partial charge in [0.1, 0.15) is 6.67 Å². The molecule has 0 aromatic heterocycles. The maximum absolute atomic E-state index is 12.7. The number of allylic oxidation sites excluding steroid dienone is 1. The number of carbonyl (C=O) groups excluding carboxylic acids is 2. The molecular formula is C21H20N2O2. The highest BCUT2D eigenvalue weighted by molar-refractivity contribution is 6.21. The lowest BCUT2D eigenvalue weighted by Crippen LogP contribution is -2.52. The molecule has 2 aromatic carbocycles. The Morgan fingerprint density at radius 1 is 0.840 bits per heavy atom. The Balaban J connectivity index is 1.74. The van der Waals surface area contributed by atoms with E-state index in [-0.39, 0.29) is 24.0 Å². The number of rotatable bonds is 2. The van der Waals surface area contributed by atoms with Crippen LogP contribution in [0.25, 0.3) is 5.57 Å². The van der Waals surface area contributed by atoms with Crippen LogP contribution in [0.1, 0.15) is 47.1 Å². The highest BCUT2D eigenvalue weighted by atomic mass is 16.2. The number of hydrogen-bond donors (Lipinski definition) is 0. The SMILES string of the molecule is CC1=CC(C)(C)N(CN2C(=O)c3ccccc3C2=O)c2ccccc21. The fraction of sp³-hybridized carbons (Fsp3) is 0.238. The number of benzene rings is 2. The van der Waals surface area contributed by atoms with Gasteiger partial charge in [0.25, 0.3) is 11.8 Å². The summed E-state index contributed by atoms with van der Waals surface area (Å²) in [6.07, 6.45) is 2.19. The predicted molar refractivity (Wildman–Crippen MR) is 98.5 cm³/mol. The minimum atomic E-state index is -0.298. The van der Waals surface area contributed by atoms with E-state index in [9.17, 15) is 9.59 Å². The third-order valence-corrected chi connectivity index (χ3v) is 5.05. The van der Waals surface area contributed by atoms with Crippen molar-refractivity contribution in [3.63, 3.8) is 0 Å². The zero-order chi connectivity index (χ0) is 17.8. The maximum atomic E-state index is 12.7. The molecule has 0 radical (unpaired) electrons. The van der Waals surface area contributed by atoms with Crippen LogP contribution in [0.5, 0.6) is 0 Å². The number of para-hydroxylation sites is 1. The van der Waals surface area contributed by atoms with Crippen molar-refractivity contribution in [2.24, 2.45) is 0 Å². The van der Waals surface area contributed by atoms with Crippen LogP contribution in [0.2, 0.25) is 0 Å². The molecule has 2 heterocycles. The highest BCUT2D eigenvalue weighted by Gasteiger charge is 2.40. The molecule has 0 atom stereocenters. The number of hydrogen-bond acceptors (Lipinski definition) is 3. The molecule has 2 amide bonds. The molecule has 2 aliphatic rings. The lowest BCUT2D eigenvalue weighted by molar-refractivity contribution is 0.0649. The van der Waals surface area contributed by atoms with E-state index in [4.69, 9.17) is 0 Å². The lowest BCUT2D eigenvalue weighted by Gasteiger charge is -2.44. The second kappa shape index (κ2) is 5.31. The van der Waals surface area contributed by atoms with Crippen LogP contribution in [0.15, 0.2) is 54.6 Å². The van der Waals surface area contributed by atoms with E-state index in [2.05, 4.69) is 37.8 Å². The molecule has 2 aromatic rings. The molecule has 0 spiro atoms. The van der Waals surface area contributed by atoms with Gasteiger partial charge in [0.2, 0.25) is 0 Å². The number of nitrogens with zero attached hydrogens (tertiary/aromatic N) is 2. The third-order valence-electron chi connectivity index (χ3n) is 5.05. The lowest BCUT2D eigenvalue weighted by atomic mass is 9.89. The summed E-state index contributed by atoms with van der Waals surface area (Å²) in [6, 6.07) is 15.1. The summed E-state index contributed by atoms with van der Waals surface area (Å²) < 4.78 is 0. The monoisotopic (exact) mass is 332 g/mol. The Morgan fingerprint density at radius 2 is 1.36 bits per heavy atom. The van der Waals surface area contributed by atoms with Crippen molar-refractivity contribution in [1.82, 2.24) is 4.90 Å². The topological polar surface area (TPSA) is 40.6 Å². The fourth-order valence-electron chi connectivity index (χ4n) is 3.81. The summed E-state index contributed by atoms with van der Waals surface area (Å²) in [5.74, 6) is -0.444. The second-order valence-electron chi connectivity index (χ2n) is 7.15. The van der Waals surface area contributed by atoms with E-state index in [1.807, 2.05) is 18.2 Å². The average molecular weight is 332 g/mol. The molecule has 0 fully saturated rings. The van der Waals surface area contributed by atoms with Crippen LogP contribution in [0.3, 0.4) is 0 Å². The maximum Gasteiger partial charge on any atom is 0.263 e. The molecular weight excluding hydrogens is 312 g/mol. The van der Waals surface area contributed by atoms with Gasteiger partial charge in [-0.25, -0.2) is 0 Å². The van der Waals surface area contributed by atoms with Crippen LogP contribution in [-0.2, 0) is 0 Å². The Labute approximate surface area is 147 Å². The Bertz CT molecular complexity index is 892. The van der Waals surface area contributed by atoms with Crippen molar-refractivity contribution in [3.8, 4) is 0 Å². The molecule has 0 bridgehead atoms. The van der Waals surface area contributed by atoms with E-state index in [1.165, 1.54) is 10.5 Å². The number of amides is 2. The van der Waals surface area contributed by atoms with Crippen molar-refractivity contribution in [2.75, 3.05) is 11.6 Å². The predicted octanol–water partition coefficient (Wildman–Crippen LogP) is 3.94. The zero-order valence-electron chi connectivity index (χ0n) is 14.6. The fourth-order valence-corrected chi connectivity index (χ4v) is 3.81. The van der Waals surface area contributed by atoms with Crippen molar-refractivity contribution in [1.29, 1.82) is 0 Å². The van der Waals surface area contributed by atoms with E-state index < -0.39 is 0 Å². The van der Waals surface area contributed by atoms with Gasteiger partial charge in [0.05, 0.1) is 16.7 Å². The molecule has 0 saturated heterocycles. The summed E-state index contributed by atoms with van der Waals surface area (Å²) in [5.41, 5.74) is 4.07. The van der Waals surface area contributed by atoms with Gasteiger partial charge >= 0.3 is 0 Å². The summed E-state index contributed by atoms with van der Waals surface area (Å²) in [4.78, 5) is 28.9. The number of fused-ring (bicyclic) bond motifs is 2. The molecule has 0 unspecified atom stereocenters. The molecule has 4 heteroatoms. The van der Waals surface area contributed by atoms with Crippen LogP contribution in [0.4, 0.5) is 5.69 Å². The number of imide groups is 1. The molecule has 2 aliphatic heterocycles. The van der Waals surface area contributed by atoms with Crippen LogP contribution in [-0.4, -0.2) is 28.9 Å². The molecule has 126 valence electrons. The highest BCUT2D eigenvalue weighted by Crippen LogP contribution is 2.39. The summed E-state index contributed by atoms with van der Waals surface area (Å²) in [7, 11) is 0. The van der Waals surface area contributed by atoms with Crippen molar-refractivity contribution >= 4 is 23.1 Å². The van der Waals surface area contributed by atoms with E-state index >= 15 is 0 Å². The Morgan fingerprint density at radius 3 is 1.96 bits per heavy atom. The van der Waals surface area contributed by atoms with E-state index in [0.717, 1.165) is 11.3 Å². The van der Waals surface area contributed by atoms with Gasteiger partial charge in [0.15, 0.2) is 0 Å². The Hall–Kier alpha value is -2.88. The van der Waals surface area contributed by atoms with Gasteiger partial charge < -0.3 is 4.90 Å². The van der Waals surface area contributed by atoms with Crippen LogP contribution < -0.4 is 4.90 Å². The van der Waals surface area contributed by atoms with Crippen molar-refractivity contribution in [2.45, 2.75) is 26.3 Å². The summed E-state index contributed by atoms with van der Waals surface area (Å²) >= 11 is 0. The molecule has 0 saturated carbocycles. The zero-order valence-corrected chi connectivity index (χ0v) is 14.6. The molecule has 25 heavy (non-hydrogen) atoms. The van der Waals surface area contributed by atoms with Gasteiger partial charge in [-0.15, -0.1) is 0 Å². The first-order chi connectivity index (χ1) is 11.9. The molecule has 0 N–H and O–H groups in total. The summed E-state index contributed by atoms with van der Waals surface area (Å²) in [6.45, 7) is 6.54. The quantitative estimate of drug-likeness (QED) is 0.782. The van der Waals surface area contributed by atoms with Gasteiger partial charge in [-0.2, -0.15) is 0 Å². The first kappa shape index (κ1) is 15.6. The Kier molecular flexibility index (Phi) is 3.32. The van der Waals surface area contributed by atoms with E-state index in [1.54, 1.807) is 24.3 Å². The van der Waals surface area contributed by atoms with Gasteiger partial charge in [-0.1, -0.05) is 36.4 Å². The van der Waals surface area contributed by atoms with Gasteiger partial charge in [-0.05, 0) is 44.5 Å². The van der Waals surface area contributed by atoms with Gasteiger partial charge in [-0.3, -0.25) is 14.5 Å². The molecule has 4 rings (SSSR count). The first-order valence-corrected chi connectivity index (χ1v) is 8.42. The standard InChI is InChI=1S/C21H20N2O2/c1-14-12-21(2,3)23(18-11-7-6-8-15(14)18)13-22-19(24)16-9-4-5-10-17(16)20(22)25/h4-12H,13H2,1-3H3. The minimum absolute atomic E-state index is 0.222. The van der Waals surface area contributed by atoms with Crippen molar-refractivity contribution in [3.05, 3.63) is 71.3 Å². The third kappa shape index (κ3) is 2.29.